The number of sulfonamides is 1. The number of nitrogens with zero attached hydrogens (tertiary/aromatic N) is 3. The van der Waals surface area contributed by atoms with Gasteiger partial charge in [-0.3, -0.25) is 29.0 Å². The molecule has 1 aromatic carbocycles. The lowest BCUT2D eigenvalue weighted by Crippen LogP contribution is -2.51. The van der Waals surface area contributed by atoms with Gasteiger partial charge in [0.05, 0.1) is 17.7 Å². The van der Waals surface area contributed by atoms with E-state index in [1.807, 2.05) is 33.8 Å². The number of fused-ring (bicyclic) bond motifs is 1. The number of carbonyl (C=O) groups excluding carboxylic acids is 5. The fraction of sp³-hybridized carbons (Fsp3) is 0.581. The van der Waals surface area contributed by atoms with E-state index in [0.717, 1.165) is 12.1 Å². The molecule has 2 saturated heterocycles. The van der Waals surface area contributed by atoms with Gasteiger partial charge < -0.3 is 36.1 Å². The Morgan fingerprint density at radius 3 is 2.06 bits per heavy atom. The minimum Gasteiger partial charge on any atom is -0.486 e. The number of piperidine rings is 2. The van der Waals surface area contributed by atoms with Crippen molar-refractivity contribution < 1.29 is 41.9 Å². The van der Waals surface area contributed by atoms with Crippen LogP contribution in [0.5, 0.6) is 11.5 Å². The molecular weight excluding hydrogens is 819 g/mol. The number of aromatic nitrogens is 1. The van der Waals surface area contributed by atoms with Crippen molar-refractivity contribution in [3.8, 4) is 23.6 Å². The van der Waals surface area contributed by atoms with Crippen molar-refractivity contribution in [2.24, 2.45) is 23.7 Å². The maximum atomic E-state index is 14.1. The lowest BCUT2D eigenvalue weighted by Gasteiger charge is -2.33. The lowest BCUT2D eigenvalue weighted by molar-refractivity contribution is -0.128. The molecule has 0 bridgehead atoms. The first kappa shape index (κ1) is 47.3. The lowest BCUT2D eigenvalue weighted by atomic mass is 9.81. The Morgan fingerprint density at radius 1 is 0.839 bits per heavy atom. The van der Waals surface area contributed by atoms with Crippen molar-refractivity contribution in [3.05, 3.63) is 47.3 Å². The van der Waals surface area contributed by atoms with Crippen LogP contribution in [-0.2, 0) is 29.2 Å². The van der Waals surface area contributed by atoms with Gasteiger partial charge in [0.15, 0.2) is 11.5 Å². The van der Waals surface area contributed by atoms with E-state index in [-0.39, 0.29) is 91.0 Å². The van der Waals surface area contributed by atoms with Gasteiger partial charge in [0, 0.05) is 48.3 Å². The van der Waals surface area contributed by atoms with E-state index in [9.17, 15) is 42.9 Å². The number of aryl methyl sites for hydroxylation is 1. The van der Waals surface area contributed by atoms with Crippen molar-refractivity contribution in [3.63, 3.8) is 0 Å². The number of amides is 5. The van der Waals surface area contributed by atoms with Crippen LogP contribution in [0.4, 0.5) is 0 Å². The third-order valence-electron chi connectivity index (χ3n) is 11.1. The van der Waals surface area contributed by atoms with E-state index in [1.54, 1.807) is 25.1 Å². The second-order valence-electron chi connectivity index (χ2n) is 17.0. The van der Waals surface area contributed by atoms with Crippen LogP contribution in [0, 0.1) is 53.3 Å². The van der Waals surface area contributed by atoms with Gasteiger partial charge in [-0.25, -0.2) is 8.42 Å². The fourth-order valence-electron chi connectivity index (χ4n) is 7.95. The third kappa shape index (κ3) is 12.4. The number of hydrogen-bond acceptors (Lipinski definition) is 12. The van der Waals surface area contributed by atoms with Crippen molar-refractivity contribution in [2.75, 3.05) is 26.3 Å². The summed E-state index contributed by atoms with van der Waals surface area (Å²) in [6, 6.07) is 6.02. The topological polar surface area (TPSA) is 271 Å². The number of nitriles is 2. The first-order valence-corrected chi connectivity index (χ1v) is 22.6. The Kier molecular flexibility index (Phi) is 16.3. The molecule has 2 aromatic rings. The molecule has 18 nitrogen and oxygen atoms in total. The highest BCUT2D eigenvalue weighted by molar-refractivity contribution is 7.89. The molecule has 0 radical (unpaired) electrons. The van der Waals surface area contributed by atoms with Gasteiger partial charge in [0.1, 0.15) is 42.3 Å². The molecule has 6 N–H and O–H groups in total. The van der Waals surface area contributed by atoms with Crippen LogP contribution < -0.4 is 40.8 Å². The second-order valence-corrected chi connectivity index (χ2v) is 18.7. The van der Waals surface area contributed by atoms with Crippen molar-refractivity contribution in [1.82, 2.24) is 36.3 Å². The van der Waals surface area contributed by atoms with E-state index in [1.165, 1.54) is 12.3 Å². The summed E-state index contributed by atoms with van der Waals surface area (Å²) in [5, 5.41) is 33.7. The van der Waals surface area contributed by atoms with E-state index >= 15 is 0 Å². The predicted octanol–water partition coefficient (Wildman–Crippen LogP) is 2.24. The summed E-state index contributed by atoms with van der Waals surface area (Å²) in [5.41, 5.74) is 1.57. The highest BCUT2D eigenvalue weighted by Crippen LogP contribution is 2.45. The molecule has 7 atom stereocenters. The average molecular weight is 876 g/mol. The first-order chi connectivity index (χ1) is 29.5. The van der Waals surface area contributed by atoms with Gasteiger partial charge in [0.2, 0.25) is 33.7 Å². The normalized spacial score (nSPS) is 20.6. The molecule has 0 spiro atoms. The molecule has 5 rings (SSSR count). The van der Waals surface area contributed by atoms with E-state index in [2.05, 4.69) is 42.4 Å². The highest BCUT2D eigenvalue weighted by Gasteiger charge is 2.38. The third-order valence-corrected chi connectivity index (χ3v) is 12.6. The molecule has 4 heterocycles. The van der Waals surface area contributed by atoms with E-state index in [0.29, 0.717) is 24.9 Å². The summed E-state index contributed by atoms with van der Waals surface area (Å²) in [6.07, 6.45) is 3.43. The van der Waals surface area contributed by atoms with Crippen molar-refractivity contribution in [1.29, 1.82) is 10.5 Å². The molecule has 3 aliphatic rings. The molecule has 334 valence electrons. The van der Waals surface area contributed by atoms with Crippen molar-refractivity contribution >= 4 is 39.6 Å². The Hall–Kier alpha value is -5.79. The smallest absolute Gasteiger partial charge is 0.253 e. The van der Waals surface area contributed by atoms with Gasteiger partial charge in [-0.2, -0.15) is 15.2 Å². The molecule has 62 heavy (non-hydrogen) atoms. The standard InChI is InChI=1S/C43H57N9O9S/c1-24(2)15-34(51-41(55)28-9-8-26(5)47-22-28)42(56)49-32(21-45)19-29-17-30(23-48-40(29)54)33-10-11-36(38-37(33)60-13-14-61-38)62(58,59)52-35(16-25(3)4)43(57)50-31(20-44)18-27-7-6-12-46-39(27)53/h8-11,22,24-25,27,29-32,34-35,52H,6-7,12-19,23H2,1-5H3,(H,46,53)(H,48,54)(H,49,56)(H,50,57)(H,51,55)/t27-,29-,30?,31-,32-,34-,35-/m0/s1. The largest absolute Gasteiger partial charge is 0.486 e. The Balaban J connectivity index is 1.30. The van der Waals surface area contributed by atoms with Crippen LogP contribution in [0.1, 0.15) is 100 Å². The second kappa shape index (κ2) is 21.3. The molecule has 5 amide bonds. The number of nitrogens with one attached hydrogen (secondary N) is 6. The molecule has 1 unspecified atom stereocenters. The zero-order valence-corrected chi connectivity index (χ0v) is 36.6. The Labute approximate surface area is 362 Å². The molecule has 0 aliphatic carbocycles. The monoisotopic (exact) mass is 875 g/mol. The van der Waals surface area contributed by atoms with Gasteiger partial charge in [-0.1, -0.05) is 33.8 Å². The Morgan fingerprint density at radius 2 is 1.45 bits per heavy atom. The molecular formula is C43H57N9O9S. The zero-order valence-electron chi connectivity index (χ0n) is 35.8. The summed E-state index contributed by atoms with van der Waals surface area (Å²) < 4.78 is 42.7. The minimum absolute atomic E-state index is 0.0212. The SMILES string of the molecule is Cc1ccc(C(=O)N[C@@H](CC(C)C)C(=O)N[C@H](C#N)C[C@@H]2CC(c3ccc(S(=O)(=O)N[C@@H](CC(C)C)C(=O)N[C@H](C#N)C[C@@H]4CCCNC4=O)c4c3OCCO4)CNC2=O)cn1. The minimum atomic E-state index is -4.45. The van der Waals surface area contributed by atoms with Gasteiger partial charge in [0.25, 0.3) is 5.91 Å². The number of ether oxygens (including phenoxy) is 2. The number of hydrogen-bond donors (Lipinski definition) is 6. The maximum absolute atomic E-state index is 14.1. The van der Waals surface area contributed by atoms with Crippen LogP contribution in [0.25, 0.3) is 0 Å². The van der Waals surface area contributed by atoms with Crippen LogP contribution in [0.3, 0.4) is 0 Å². The van der Waals surface area contributed by atoms with Gasteiger partial charge in [-0.15, -0.1) is 0 Å². The van der Waals surface area contributed by atoms with Gasteiger partial charge in [-0.05, 0) is 81.9 Å². The zero-order chi connectivity index (χ0) is 45.1. The summed E-state index contributed by atoms with van der Waals surface area (Å²) >= 11 is 0. The first-order valence-electron chi connectivity index (χ1n) is 21.1. The quantitative estimate of drug-likeness (QED) is 0.126. The van der Waals surface area contributed by atoms with Crippen LogP contribution >= 0.6 is 0 Å². The number of carbonyl (C=O) groups is 5. The fourth-order valence-corrected chi connectivity index (χ4v) is 9.30. The maximum Gasteiger partial charge on any atom is 0.253 e. The molecule has 19 heteroatoms. The average Bonchev–Trinajstić information content (AvgIpc) is 3.23. The number of benzene rings is 1. The Bertz CT molecular complexity index is 2170. The molecule has 2 fully saturated rings. The van der Waals surface area contributed by atoms with E-state index < -0.39 is 69.7 Å². The molecule has 3 aliphatic heterocycles. The van der Waals surface area contributed by atoms with Crippen LogP contribution in [-0.4, -0.2) is 93.4 Å². The number of rotatable bonds is 18. The molecule has 0 saturated carbocycles. The van der Waals surface area contributed by atoms with Crippen LogP contribution in [0.2, 0.25) is 0 Å². The molecule has 1 aromatic heterocycles. The van der Waals surface area contributed by atoms with Crippen LogP contribution in [0.15, 0.2) is 35.4 Å². The summed E-state index contributed by atoms with van der Waals surface area (Å²) in [7, 11) is -4.45. The predicted molar refractivity (Wildman–Crippen MR) is 225 cm³/mol. The van der Waals surface area contributed by atoms with Gasteiger partial charge >= 0.3 is 0 Å². The highest BCUT2D eigenvalue weighted by atomic mass is 32.2. The number of pyridine rings is 1. The summed E-state index contributed by atoms with van der Waals surface area (Å²) in [4.78, 5) is 69.5. The van der Waals surface area contributed by atoms with E-state index in [4.69, 9.17) is 9.47 Å². The van der Waals surface area contributed by atoms with Crippen molar-refractivity contribution in [2.45, 2.75) is 115 Å². The summed E-state index contributed by atoms with van der Waals surface area (Å²) in [6.45, 7) is 10.1. The summed E-state index contributed by atoms with van der Waals surface area (Å²) in [5.74, 6) is -3.85.